The van der Waals surface area contributed by atoms with Gasteiger partial charge in [-0.2, -0.15) is 5.26 Å². The number of halogens is 1. The fourth-order valence-corrected chi connectivity index (χ4v) is 5.50. The van der Waals surface area contributed by atoms with Gasteiger partial charge in [-0.05, 0) is 43.5 Å². The minimum absolute atomic E-state index is 0.0766. The Morgan fingerprint density at radius 1 is 1.12 bits per heavy atom. The average molecular weight is 445 g/mol. The molecule has 0 fully saturated rings. The Hall–Kier alpha value is -3.56. The number of benzene rings is 2. The SMILES string of the molecule is Cc1ccc(Cl)cc1N1C(N)=C(C#N)C2(C(=O)N(C)c3ccccc32)C2=C1CCCC2=O. The molecule has 32 heavy (non-hydrogen) atoms. The predicted octanol–water partition coefficient (Wildman–Crippen LogP) is 4.08. The molecule has 1 unspecified atom stereocenters. The van der Waals surface area contributed by atoms with Crippen LogP contribution in [-0.2, 0) is 15.0 Å². The number of amides is 1. The topological polar surface area (TPSA) is 90.4 Å². The number of hydrogen-bond donors (Lipinski definition) is 1. The average Bonchev–Trinajstić information content (AvgIpc) is 2.99. The highest BCUT2D eigenvalue weighted by atomic mass is 35.5. The zero-order chi connectivity index (χ0) is 22.8. The Kier molecular flexibility index (Phi) is 4.44. The molecule has 5 rings (SSSR count). The van der Waals surface area contributed by atoms with Crippen molar-refractivity contribution >= 4 is 34.7 Å². The third kappa shape index (κ3) is 2.40. The first-order chi connectivity index (χ1) is 15.3. The van der Waals surface area contributed by atoms with Crippen molar-refractivity contribution in [3.63, 3.8) is 0 Å². The number of para-hydroxylation sites is 1. The molecule has 1 atom stereocenters. The fourth-order valence-electron chi connectivity index (χ4n) is 5.33. The van der Waals surface area contributed by atoms with E-state index in [2.05, 4.69) is 6.07 Å². The number of ketones is 1. The van der Waals surface area contributed by atoms with Crippen molar-refractivity contribution in [2.45, 2.75) is 31.6 Å². The van der Waals surface area contributed by atoms with Crippen LogP contribution in [0.15, 0.2) is 65.1 Å². The molecule has 2 aromatic rings. The molecule has 0 aromatic heterocycles. The predicted molar refractivity (Wildman–Crippen MR) is 123 cm³/mol. The molecular weight excluding hydrogens is 424 g/mol. The van der Waals surface area contributed by atoms with Gasteiger partial charge in [0.1, 0.15) is 17.3 Å². The van der Waals surface area contributed by atoms with E-state index in [1.807, 2.05) is 37.3 Å². The van der Waals surface area contributed by atoms with Gasteiger partial charge in [0.2, 0.25) is 5.91 Å². The van der Waals surface area contributed by atoms with Gasteiger partial charge < -0.3 is 10.6 Å². The number of Topliss-reactive ketones (excluding diaryl/α,β-unsaturated/α-hetero) is 1. The normalized spacial score (nSPS) is 22.4. The fraction of sp³-hybridized carbons (Fsp3) is 0.240. The number of nitrogens with zero attached hydrogens (tertiary/aromatic N) is 3. The summed E-state index contributed by atoms with van der Waals surface area (Å²) < 4.78 is 0. The van der Waals surface area contributed by atoms with E-state index in [9.17, 15) is 14.9 Å². The van der Waals surface area contributed by atoms with Crippen LogP contribution >= 0.6 is 11.6 Å². The molecule has 2 N–H and O–H groups in total. The van der Waals surface area contributed by atoms with Gasteiger partial charge in [-0.25, -0.2) is 0 Å². The molecule has 1 amide bonds. The summed E-state index contributed by atoms with van der Waals surface area (Å²) in [6.07, 6.45) is 1.53. The second kappa shape index (κ2) is 6.98. The number of carbonyl (C=O) groups is 2. The van der Waals surface area contributed by atoms with E-state index in [4.69, 9.17) is 17.3 Å². The Bertz CT molecular complexity index is 1320. The number of likely N-dealkylation sites (N-methyl/N-ethyl adjacent to an activating group) is 1. The standard InChI is InChI=1S/C25H21ClN4O2/c1-14-10-11-15(26)12-20(14)30-19-8-5-9-21(31)22(19)25(17(13-27)23(30)28)16-6-3-4-7-18(16)29(2)24(25)32/h3-4,6-7,10-12H,5,8-9,28H2,1-2H3. The molecule has 0 bridgehead atoms. The van der Waals surface area contributed by atoms with Gasteiger partial charge in [0.25, 0.3) is 0 Å². The maximum Gasteiger partial charge on any atom is 0.247 e. The lowest BCUT2D eigenvalue weighted by atomic mass is 9.63. The van der Waals surface area contributed by atoms with Crippen LogP contribution in [0.1, 0.15) is 30.4 Å². The molecule has 2 aliphatic heterocycles. The first kappa shape index (κ1) is 20.3. The lowest BCUT2D eigenvalue weighted by molar-refractivity contribution is -0.124. The Morgan fingerprint density at radius 3 is 2.62 bits per heavy atom. The molecule has 0 saturated heterocycles. The van der Waals surface area contributed by atoms with Gasteiger partial charge >= 0.3 is 0 Å². The Labute approximate surface area is 191 Å². The molecular formula is C25H21ClN4O2. The lowest BCUT2D eigenvalue weighted by Gasteiger charge is -2.44. The van der Waals surface area contributed by atoms with Gasteiger partial charge in [0.15, 0.2) is 5.78 Å². The first-order valence-corrected chi connectivity index (χ1v) is 10.8. The van der Waals surface area contributed by atoms with Crippen molar-refractivity contribution in [1.82, 2.24) is 0 Å². The highest BCUT2D eigenvalue weighted by Gasteiger charge is 2.61. The number of aryl methyl sites for hydroxylation is 1. The zero-order valence-corrected chi connectivity index (χ0v) is 18.5. The number of hydrogen-bond acceptors (Lipinski definition) is 5. The van der Waals surface area contributed by atoms with E-state index in [1.54, 1.807) is 24.1 Å². The second-order valence-electron chi connectivity index (χ2n) is 8.37. The van der Waals surface area contributed by atoms with E-state index < -0.39 is 5.41 Å². The summed E-state index contributed by atoms with van der Waals surface area (Å²) in [5, 5.41) is 10.9. The first-order valence-electron chi connectivity index (χ1n) is 10.4. The van der Waals surface area contributed by atoms with Gasteiger partial charge in [-0.1, -0.05) is 35.9 Å². The van der Waals surface area contributed by atoms with E-state index >= 15 is 0 Å². The molecule has 1 spiro atoms. The van der Waals surface area contributed by atoms with E-state index in [0.29, 0.717) is 52.5 Å². The van der Waals surface area contributed by atoms with E-state index in [-0.39, 0.29) is 23.1 Å². The van der Waals surface area contributed by atoms with Crippen LogP contribution in [0, 0.1) is 18.3 Å². The molecule has 0 saturated carbocycles. The van der Waals surface area contributed by atoms with Gasteiger partial charge in [-0.3, -0.25) is 14.5 Å². The molecule has 6 nitrogen and oxygen atoms in total. The minimum atomic E-state index is -1.53. The monoisotopic (exact) mass is 444 g/mol. The summed E-state index contributed by atoms with van der Waals surface area (Å²) in [5.74, 6) is -0.303. The van der Waals surface area contributed by atoms with Gasteiger partial charge in [0.05, 0.1) is 11.3 Å². The molecule has 7 heteroatoms. The molecule has 1 aliphatic carbocycles. The summed E-state index contributed by atoms with van der Waals surface area (Å²) in [6.45, 7) is 1.92. The summed E-state index contributed by atoms with van der Waals surface area (Å²) in [5.41, 5.74) is 9.15. The van der Waals surface area contributed by atoms with Crippen molar-refractivity contribution < 1.29 is 9.59 Å². The number of allylic oxidation sites excluding steroid dienone is 1. The summed E-state index contributed by atoms with van der Waals surface area (Å²) in [7, 11) is 1.67. The van der Waals surface area contributed by atoms with Crippen LogP contribution in [0.25, 0.3) is 0 Å². The highest BCUT2D eigenvalue weighted by molar-refractivity contribution is 6.31. The quantitative estimate of drug-likeness (QED) is 0.715. The van der Waals surface area contributed by atoms with Crippen LogP contribution in [0.4, 0.5) is 11.4 Å². The number of carbonyl (C=O) groups excluding carboxylic acids is 2. The molecule has 2 aromatic carbocycles. The van der Waals surface area contributed by atoms with Crippen molar-refractivity contribution in [3.8, 4) is 6.07 Å². The second-order valence-corrected chi connectivity index (χ2v) is 8.80. The van der Waals surface area contributed by atoms with Crippen molar-refractivity contribution in [2.75, 3.05) is 16.8 Å². The molecule has 3 aliphatic rings. The van der Waals surface area contributed by atoms with Crippen molar-refractivity contribution in [3.05, 3.63) is 81.3 Å². The number of rotatable bonds is 1. The van der Waals surface area contributed by atoms with Crippen molar-refractivity contribution in [2.24, 2.45) is 5.73 Å². The van der Waals surface area contributed by atoms with Crippen LogP contribution in [0.3, 0.4) is 0 Å². The highest BCUT2D eigenvalue weighted by Crippen LogP contribution is 2.56. The smallest absolute Gasteiger partial charge is 0.247 e. The van der Waals surface area contributed by atoms with Crippen LogP contribution in [0.2, 0.25) is 5.02 Å². The van der Waals surface area contributed by atoms with Crippen LogP contribution in [-0.4, -0.2) is 18.7 Å². The Morgan fingerprint density at radius 2 is 1.88 bits per heavy atom. The van der Waals surface area contributed by atoms with Crippen LogP contribution in [0.5, 0.6) is 0 Å². The number of nitriles is 1. The Balaban J connectivity index is 1.92. The molecule has 2 heterocycles. The maximum atomic E-state index is 13.9. The van der Waals surface area contributed by atoms with Crippen molar-refractivity contribution in [1.29, 1.82) is 5.26 Å². The summed E-state index contributed by atoms with van der Waals surface area (Å²) >= 11 is 6.30. The number of nitrogens with two attached hydrogens (primary N) is 1. The number of fused-ring (bicyclic) bond motifs is 3. The maximum absolute atomic E-state index is 13.9. The third-order valence-corrected chi connectivity index (χ3v) is 6.96. The summed E-state index contributed by atoms with van der Waals surface area (Å²) in [6, 6.07) is 14.9. The van der Waals surface area contributed by atoms with Gasteiger partial charge in [0, 0.05) is 41.0 Å². The molecule has 0 radical (unpaired) electrons. The zero-order valence-electron chi connectivity index (χ0n) is 17.8. The minimum Gasteiger partial charge on any atom is -0.384 e. The third-order valence-electron chi connectivity index (χ3n) is 6.72. The van der Waals surface area contributed by atoms with E-state index in [0.717, 1.165) is 5.56 Å². The van der Waals surface area contributed by atoms with Gasteiger partial charge in [-0.15, -0.1) is 0 Å². The molecule has 160 valence electrons. The largest absolute Gasteiger partial charge is 0.384 e. The number of anilines is 2. The van der Waals surface area contributed by atoms with E-state index in [1.165, 1.54) is 4.90 Å². The lowest BCUT2D eigenvalue weighted by Crippen LogP contribution is -2.52. The summed E-state index contributed by atoms with van der Waals surface area (Å²) in [4.78, 5) is 30.6. The van der Waals surface area contributed by atoms with Crippen LogP contribution < -0.4 is 15.5 Å².